The maximum atomic E-state index is 12.4. The van der Waals surface area contributed by atoms with Crippen LogP contribution in [0.15, 0.2) is 16.7 Å². The Morgan fingerprint density at radius 2 is 2.26 bits per heavy atom. The van der Waals surface area contributed by atoms with Crippen LogP contribution in [0.5, 0.6) is 0 Å². The Morgan fingerprint density at radius 1 is 1.53 bits per heavy atom. The van der Waals surface area contributed by atoms with Crippen molar-refractivity contribution in [1.82, 2.24) is 9.88 Å². The van der Waals surface area contributed by atoms with E-state index in [-0.39, 0.29) is 5.91 Å². The Kier molecular flexibility index (Phi) is 5.39. The number of rotatable bonds is 4. The van der Waals surface area contributed by atoms with Gasteiger partial charge in [0.05, 0.1) is 0 Å². The van der Waals surface area contributed by atoms with Gasteiger partial charge in [-0.15, -0.1) is 0 Å². The average Bonchev–Trinajstić information content (AvgIpc) is 2.80. The Hall–Kier alpha value is -0.420. The van der Waals surface area contributed by atoms with E-state index in [0.717, 1.165) is 23.1 Å². The quantitative estimate of drug-likeness (QED) is 0.903. The van der Waals surface area contributed by atoms with E-state index in [2.05, 4.69) is 34.4 Å². The summed E-state index contributed by atoms with van der Waals surface area (Å²) in [7, 11) is 0. The van der Waals surface area contributed by atoms with Crippen molar-refractivity contribution < 1.29 is 4.79 Å². The van der Waals surface area contributed by atoms with Gasteiger partial charge in [0.15, 0.2) is 0 Å². The molecule has 0 spiro atoms. The molecule has 0 radical (unpaired) electrons. The van der Waals surface area contributed by atoms with Crippen molar-refractivity contribution >= 4 is 33.6 Å². The number of hydrogen-bond acceptors (Lipinski definition) is 2. The predicted molar refractivity (Wildman–Crippen MR) is 84.8 cm³/mol. The topological polar surface area (TPSA) is 34.0 Å². The number of hydrogen-bond donors (Lipinski definition) is 1. The molecule has 5 heteroatoms. The van der Waals surface area contributed by atoms with E-state index in [1.54, 1.807) is 0 Å². The smallest absolute Gasteiger partial charge is 0.268 e. The SMILES string of the molecule is CCn1cc(Br)cc1C(=O)NC1CCCCC1SC. The molecule has 1 N–H and O–H groups in total. The number of aryl methyl sites for hydroxylation is 1. The summed E-state index contributed by atoms with van der Waals surface area (Å²) < 4.78 is 2.95. The second kappa shape index (κ2) is 6.84. The molecule has 0 aromatic carbocycles. The average molecular weight is 345 g/mol. The third-order valence-corrected chi connectivity index (χ3v) is 5.36. The fraction of sp³-hybridized carbons (Fsp3) is 0.643. The lowest BCUT2D eigenvalue weighted by molar-refractivity contribution is 0.0920. The number of halogens is 1. The normalized spacial score (nSPS) is 23.3. The molecule has 1 fully saturated rings. The molecule has 2 atom stereocenters. The van der Waals surface area contributed by atoms with Gasteiger partial charge in [0, 0.05) is 28.5 Å². The number of amides is 1. The van der Waals surface area contributed by atoms with Crippen molar-refractivity contribution in [3.63, 3.8) is 0 Å². The summed E-state index contributed by atoms with van der Waals surface area (Å²) in [6.07, 6.45) is 8.92. The fourth-order valence-electron chi connectivity index (χ4n) is 2.71. The first-order chi connectivity index (χ1) is 9.15. The van der Waals surface area contributed by atoms with E-state index in [4.69, 9.17) is 0 Å². The van der Waals surface area contributed by atoms with Crippen LogP contribution in [0.2, 0.25) is 0 Å². The number of nitrogens with zero attached hydrogens (tertiary/aromatic N) is 1. The molecule has 0 saturated heterocycles. The molecule has 3 nitrogen and oxygen atoms in total. The van der Waals surface area contributed by atoms with Crippen molar-refractivity contribution in [2.75, 3.05) is 6.26 Å². The van der Waals surface area contributed by atoms with Gasteiger partial charge in [0.2, 0.25) is 0 Å². The Morgan fingerprint density at radius 3 is 2.95 bits per heavy atom. The first kappa shape index (κ1) is 15.0. The molecule has 0 bridgehead atoms. The molecular formula is C14H21BrN2OS. The van der Waals surface area contributed by atoms with E-state index in [9.17, 15) is 4.79 Å². The first-order valence-electron chi connectivity index (χ1n) is 6.85. The third-order valence-electron chi connectivity index (χ3n) is 3.76. The molecule has 106 valence electrons. The van der Waals surface area contributed by atoms with Gasteiger partial charge in [0.1, 0.15) is 5.69 Å². The number of thioether (sulfide) groups is 1. The van der Waals surface area contributed by atoms with Gasteiger partial charge in [0.25, 0.3) is 5.91 Å². The van der Waals surface area contributed by atoms with Crippen LogP contribution in [0.4, 0.5) is 0 Å². The van der Waals surface area contributed by atoms with Crippen LogP contribution in [0.3, 0.4) is 0 Å². The second-order valence-electron chi connectivity index (χ2n) is 4.97. The van der Waals surface area contributed by atoms with Crippen molar-refractivity contribution in [3.8, 4) is 0 Å². The van der Waals surface area contributed by atoms with E-state index < -0.39 is 0 Å². The molecule has 19 heavy (non-hydrogen) atoms. The highest BCUT2D eigenvalue weighted by Gasteiger charge is 2.26. The predicted octanol–water partition coefficient (Wildman–Crippen LogP) is 3.67. The molecule has 1 saturated carbocycles. The number of carbonyl (C=O) groups excluding carboxylic acids is 1. The highest BCUT2D eigenvalue weighted by molar-refractivity contribution is 9.10. The lowest BCUT2D eigenvalue weighted by atomic mass is 9.95. The van der Waals surface area contributed by atoms with E-state index in [1.165, 1.54) is 19.3 Å². The molecule has 2 unspecified atom stereocenters. The van der Waals surface area contributed by atoms with Crippen LogP contribution in [0.25, 0.3) is 0 Å². The Labute approximate surface area is 127 Å². The van der Waals surface area contributed by atoms with Crippen LogP contribution >= 0.6 is 27.7 Å². The highest BCUT2D eigenvalue weighted by Crippen LogP contribution is 2.27. The minimum absolute atomic E-state index is 0.0542. The van der Waals surface area contributed by atoms with Gasteiger partial charge in [-0.1, -0.05) is 12.8 Å². The summed E-state index contributed by atoms with van der Waals surface area (Å²) in [6, 6.07) is 2.21. The lowest BCUT2D eigenvalue weighted by Crippen LogP contribution is -2.44. The van der Waals surface area contributed by atoms with Gasteiger partial charge in [-0.25, -0.2) is 0 Å². The maximum Gasteiger partial charge on any atom is 0.268 e. The van der Waals surface area contributed by atoms with Crippen molar-refractivity contribution in [2.24, 2.45) is 0 Å². The van der Waals surface area contributed by atoms with Crippen LogP contribution < -0.4 is 5.32 Å². The van der Waals surface area contributed by atoms with Crippen LogP contribution in [0.1, 0.15) is 43.1 Å². The molecular weight excluding hydrogens is 324 g/mol. The second-order valence-corrected chi connectivity index (χ2v) is 6.96. The van der Waals surface area contributed by atoms with Crippen molar-refractivity contribution in [1.29, 1.82) is 0 Å². The molecule has 1 aromatic heterocycles. The summed E-state index contributed by atoms with van der Waals surface area (Å²) in [5, 5.41) is 3.78. The first-order valence-corrected chi connectivity index (χ1v) is 8.93. The molecule has 0 aliphatic heterocycles. The molecule has 1 amide bonds. The van der Waals surface area contributed by atoms with Crippen LogP contribution in [-0.2, 0) is 6.54 Å². The summed E-state index contributed by atoms with van der Waals surface area (Å²) >= 11 is 5.31. The number of aromatic nitrogens is 1. The summed E-state index contributed by atoms with van der Waals surface area (Å²) in [5.41, 5.74) is 0.750. The highest BCUT2D eigenvalue weighted by atomic mass is 79.9. The number of nitrogens with one attached hydrogen (secondary N) is 1. The zero-order valence-corrected chi connectivity index (χ0v) is 13.9. The summed E-state index contributed by atoms with van der Waals surface area (Å²) in [6.45, 7) is 2.86. The molecule has 1 aliphatic rings. The summed E-state index contributed by atoms with van der Waals surface area (Å²) in [4.78, 5) is 12.4. The van der Waals surface area contributed by atoms with Crippen LogP contribution in [-0.4, -0.2) is 28.0 Å². The van der Waals surface area contributed by atoms with E-state index >= 15 is 0 Å². The van der Waals surface area contributed by atoms with E-state index in [1.807, 2.05) is 28.6 Å². The minimum Gasteiger partial charge on any atom is -0.347 e. The minimum atomic E-state index is 0.0542. The monoisotopic (exact) mass is 344 g/mol. The largest absolute Gasteiger partial charge is 0.347 e. The lowest BCUT2D eigenvalue weighted by Gasteiger charge is -2.31. The van der Waals surface area contributed by atoms with Gasteiger partial charge in [-0.2, -0.15) is 11.8 Å². The van der Waals surface area contributed by atoms with Crippen LogP contribution in [0, 0.1) is 0 Å². The fourth-order valence-corrected chi connectivity index (χ4v) is 4.11. The van der Waals surface area contributed by atoms with Gasteiger partial charge < -0.3 is 9.88 Å². The van der Waals surface area contributed by atoms with E-state index in [0.29, 0.717) is 11.3 Å². The standard InChI is InChI=1S/C14H21BrN2OS/c1-3-17-9-10(15)8-12(17)14(18)16-11-6-4-5-7-13(11)19-2/h8-9,11,13H,3-7H2,1-2H3,(H,16,18). The third kappa shape index (κ3) is 3.57. The zero-order valence-electron chi connectivity index (χ0n) is 11.5. The van der Waals surface area contributed by atoms with Gasteiger partial charge in [-0.05, 0) is 48.0 Å². The summed E-state index contributed by atoms with van der Waals surface area (Å²) in [5.74, 6) is 0.0542. The zero-order chi connectivity index (χ0) is 13.8. The maximum absolute atomic E-state index is 12.4. The number of carbonyl (C=O) groups is 1. The van der Waals surface area contributed by atoms with Crippen molar-refractivity contribution in [2.45, 2.75) is 50.4 Å². The molecule has 2 rings (SSSR count). The molecule has 1 aromatic rings. The Bertz CT molecular complexity index is 447. The van der Waals surface area contributed by atoms with Gasteiger partial charge >= 0.3 is 0 Å². The van der Waals surface area contributed by atoms with Gasteiger partial charge in [-0.3, -0.25) is 4.79 Å². The molecule has 1 aliphatic carbocycles. The van der Waals surface area contributed by atoms with Crippen molar-refractivity contribution in [3.05, 3.63) is 22.4 Å². The molecule has 1 heterocycles. The Balaban J connectivity index is 2.07.